The average molecular weight is 554 g/mol. The Bertz CT molecular complexity index is 1430. The largest absolute Gasteiger partial charge is 0.396 e. The molecule has 2 aliphatic heterocycles. The minimum absolute atomic E-state index is 0.233. The zero-order chi connectivity index (χ0) is 28.2. The Hall–Kier alpha value is -4.02. The van der Waals surface area contributed by atoms with Crippen molar-refractivity contribution in [1.29, 1.82) is 0 Å². The van der Waals surface area contributed by atoms with Crippen molar-refractivity contribution in [2.75, 3.05) is 67.3 Å². The van der Waals surface area contributed by atoms with Gasteiger partial charge in [-0.3, -0.25) is 0 Å². The topological polar surface area (TPSA) is 106 Å². The van der Waals surface area contributed by atoms with Crippen LogP contribution < -0.4 is 20.4 Å². The van der Waals surface area contributed by atoms with Gasteiger partial charge in [0.05, 0.1) is 23.6 Å². The molecule has 0 saturated carbocycles. The molecule has 6 rings (SSSR count). The van der Waals surface area contributed by atoms with Crippen LogP contribution >= 0.6 is 0 Å². The average Bonchev–Trinajstić information content (AvgIpc) is 3.02. The summed E-state index contributed by atoms with van der Waals surface area (Å²) in [6.45, 7) is 3.99. The molecule has 0 amide bonds. The lowest BCUT2D eigenvalue weighted by molar-refractivity contribution is 0.203. The third-order valence-corrected chi connectivity index (χ3v) is 8.33. The minimum Gasteiger partial charge on any atom is -0.396 e. The van der Waals surface area contributed by atoms with Crippen molar-refractivity contribution in [2.24, 2.45) is 5.92 Å². The Morgan fingerprint density at radius 1 is 0.829 bits per heavy atom. The van der Waals surface area contributed by atoms with Gasteiger partial charge in [-0.15, -0.1) is 0 Å². The molecule has 3 aromatic heterocycles. The van der Waals surface area contributed by atoms with Gasteiger partial charge in [0, 0.05) is 49.9 Å². The van der Waals surface area contributed by atoms with E-state index in [1.165, 1.54) is 12.8 Å². The number of aliphatic hydroxyl groups is 1. The normalized spacial score (nSPS) is 16.9. The number of aliphatic hydroxyl groups excluding tert-OH is 1. The van der Waals surface area contributed by atoms with Crippen LogP contribution in [0.3, 0.4) is 0 Å². The monoisotopic (exact) mass is 553 g/mol. The van der Waals surface area contributed by atoms with E-state index >= 15 is 0 Å². The lowest BCUT2D eigenvalue weighted by Gasteiger charge is -2.36. The number of nitrogens with zero attached hydrogens (tertiary/aromatic N) is 7. The maximum Gasteiger partial charge on any atom is 0.229 e. The molecule has 2 fully saturated rings. The molecule has 10 nitrogen and oxygen atoms in total. The molecular formula is C31H39N9O. The summed E-state index contributed by atoms with van der Waals surface area (Å²) in [7, 11) is 4.33. The Morgan fingerprint density at radius 3 is 2.24 bits per heavy atom. The third-order valence-electron chi connectivity index (χ3n) is 8.33. The van der Waals surface area contributed by atoms with Gasteiger partial charge in [-0.1, -0.05) is 18.2 Å². The van der Waals surface area contributed by atoms with Crippen LogP contribution in [0, 0.1) is 5.92 Å². The van der Waals surface area contributed by atoms with E-state index in [-0.39, 0.29) is 6.61 Å². The van der Waals surface area contributed by atoms with E-state index in [4.69, 9.17) is 15.0 Å². The predicted octanol–water partition coefficient (Wildman–Crippen LogP) is 4.65. The summed E-state index contributed by atoms with van der Waals surface area (Å²) >= 11 is 0. The zero-order valence-electron chi connectivity index (χ0n) is 23.9. The molecule has 4 aromatic rings. The van der Waals surface area contributed by atoms with Gasteiger partial charge in [0.15, 0.2) is 0 Å². The number of para-hydroxylation sites is 1. The molecule has 5 heterocycles. The van der Waals surface area contributed by atoms with Crippen molar-refractivity contribution in [3.05, 3.63) is 60.9 Å². The molecule has 0 bridgehead atoms. The van der Waals surface area contributed by atoms with E-state index in [0.29, 0.717) is 23.7 Å². The molecule has 2 aliphatic rings. The Balaban J connectivity index is 1.23. The number of hydrogen-bond donors (Lipinski definition) is 3. The SMILES string of the molecule is CN(C)C1CCN(c2ccc(Nc3cc4c(N5CCC(CO)CC5)nc(Nc5ccccc5)nc4cn3)nc2)CC1. The number of anilines is 6. The second kappa shape index (κ2) is 12.2. The molecule has 41 heavy (non-hydrogen) atoms. The molecule has 0 radical (unpaired) electrons. The summed E-state index contributed by atoms with van der Waals surface area (Å²) in [4.78, 5) is 26.1. The number of benzene rings is 1. The van der Waals surface area contributed by atoms with Gasteiger partial charge in [0.1, 0.15) is 17.5 Å². The summed E-state index contributed by atoms with van der Waals surface area (Å²) in [6, 6.07) is 16.8. The first-order chi connectivity index (χ1) is 20.1. The first kappa shape index (κ1) is 27.2. The van der Waals surface area contributed by atoms with E-state index in [9.17, 15) is 5.11 Å². The summed E-state index contributed by atoms with van der Waals surface area (Å²) in [5, 5.41) is 17.3. The summed E-state index contributed by atoms with van der Waals surface area (Å²) < 4.78 is 0. The summed E-state index contributed by atoms with van der Waals surface area (Å²) in [6.07, 6.45) is 7.94. The number of hydrogen-bond acceptors (Lipinski definition) is 10. The van der Waals surface area contributed by atoms with Gasteiger partial charge >= 0.3 is 0 Å². The maximum absolute atomic E-state index is 9.64. The highest BCUT2D eigenvalue weighted by atomic mass is 16.3. The van der Waals surface area contributed by atoms with Gasteiger partial charge in [-0.25, -0.2) is 15.0 Å². The lowest BCUT2D eigenvalue weighted by atomic mass is 9.98. The summed E-state index contributed by atoms with van der Waals surface area (Å²) in [5.41, 5.74) is 2.85. The van der Waals surface area contributed by atoms with Gasteiger partial charge in [0.2, 0.25) is 5.95 Å². The standard InChI is InChI=1S/C31H39N9O/c1-38(2)24-12-16-39(17-13-24)25-8-9-28(32-19-25)36-29-18-26-27(20-33-29)35-31(34-23-6-4-3-5-7-23)37-30(26)40-14-10-22(21-41)11-15-40/h3-9,18-20,22,24,41H,10-17,21H2,1-2H3,(H,32,33,36)(H,34,35,37). The van der Waals surface area contributed by atoms with Crippen LogP contribution in [-0.4, -0.2) is 82.9 Å². The fourth-order valence-corrected chi connectivity index (χ4v) is 5.78. The first-order valence-electron chi connectivity index (χ1n) is 14.6. The van der Waals surface area contributed by atoms with Crippen molar-refractivity contribution < 1.29 is 5.11 Å². The zero-order valence-corrected chi connectivity index (χ0v) is 23.9. The fraction of sp³-hybridized carbons (Fsp3) is 0.419. The quantitative estimate of drug-likeness (QED) is 0.286. The Morgan fingerprint density at radius 2 is 1.56 bits per heavy atom. The highest BCUT2D eigenvalue weighted by molar-refractivity contribution is 5.92. The Labute approximate surface area is 241 Å². The number of rotatable bonds is 8. The van der Waals surface area contributed by atoms with Crippen molar-refractivity contribution in [3.8, 4) is 0 Å². The van der Waals surface area contributed by atoms with Crippen LogP contribution in [0.5, 0.6) is 0 Å². The number of fused-ring (bicyclic) bond motifs is 1. The molecule has 3 N–H and O–H groups in total. The molecule has 0 atom stereocenters. The fourth-order valence-electron chi connectivity index (χ4n) is 5.78. The highest BCUT2D eigenvalue weighted by Gasteiger charge is 2.23. The van der Waals surface area contributed by atoms with E-state index in [0.717, 1.165) is 72.9 Å². The van der Waals surface area contributed by atoms with Crippen molar-refractivity contribution in [1.82, 2.24) is 24.8 Å². The molecule has 10 heteroatoms. The summed E-state index contributed by atoms with van der Waals surface area (Å²) in [5.74, 6) is 3.20. The van der Waals surface area contributed by atoms with Crippen molar-refractivity contribution in [2.45, 2.75) is 31.7 Å². The molecule has 0 unspecified atom stereocenters. The van der Waals surface area contributed by atoms with Gasteiger partial charge < -0.3 is 30.4 Å². The van der Waals surface area contributed by atoms with Crippen LogP contribution in [0.2, 0.25) is 0 Å². The third kappa shape index (κ3) is 6.34. The second-order valence-corrected chi connectivity index (χ2v) is 11.3. The van der Waals surface area contributed by atoms with Gasteiger partial charge in [-0.2, -0.15) is 4.98 Å². The van der Waals surface area contributed by atoms with Crippen LogP contribution in [0.1, 0.15) is 25.7 Å². The Kier molecular flexibility index (Phi) is 8.11. The van der Waals surface area contributed by atoms with Gasteiger partial charge in [0.25, 0.3) is 0 Å². The first-order valence-corrected chi connectivity index (χ1v) is 14.6. The van der Waals surface area contributed by atoms with E-state index in [1.54, 1.807) is 6.20 Å². The van der Waals surface area contributed by atoms with Crippen LogP contribution in [0.25, 0.3) is 10.9 Å². The van der Waals surface area contributed by atoms with E-state index < -0.39 is 0 Å². The molecular weight excluding hydrogens is 514 g/mol. The molecule has 2 saturated heterocycles. The minimum atomic E-state index is 0.233. The number of aromatic nitrogens is 4. The van der Waals surface area contributed by atoms with Crippen molar-refractivity contribution in [3.63, 3.8) is 0 Å². The smallest absolute Gasteiger partial charge is 0.229 e. The number of pyridine rings is 2. The second-order valence-electron chi connectivity index (χ2n) is 11.3. The van der Waals surface area contributed by atoms with Crippen LogP contribution in [0.15, 0.2) is 60.9 Å². The van der Waals surface area contributed by atoms with E-state index in [1.807, 2.05) is 48.7 Å². The van der Waals surface area contributed by atoms with Gasteiger partial charge in [-0.05, 0) is 76.0 Å². The number of nitrogens with one attached hydrogen (secondary N) is 2. The van der Waals surface area contributed by atoms with Crippen LogP contribution in [0.4, 0.5) is 34.8 Å². The van der Waals surface area contributed by atoms with Crippen LogP contribution in [-0.2, 0) is 0 Å². The highest BCUT2D eigenvalue weighted by Crippen LogP contribution is 2.32. The maximum atomic E-state index is 9.64. The molecule has 0 aliphatic carbocycles. The van der Waals surface area contributed by atoms with E-state index in [2.05, 4.69) is 50.5 Å². The number of piperidine rings is 2. The molecule has 0 spiro atoms. The van der Waals surface area contributed by atoms with Crippen molar-refractivity contribution >= 4 is 45.7 Å². The molecule has 214 valence electrons. The molecule has 1 aromatic carbocycles. The predicted molar refractivity (Wildman–Crippen MR) is 166 cm³/mol. The lowest BCUT2D eigenvalue weighted by Crippen LogP contribution is -2.42.